The third-order valence-electron chi connectivity index (χ3n) is 2.58. The van der Waals surface area contributed by atoms with Crippen LogP contribution < -0.4 is 11.1 Å². The van der Waals surface area contributed by atoms with Crippen molar-refractivity contribution in [2.45, 2.75) is 6.18 Å². The number of nitrogens with two attached hydrogens (primary N) is 1. The minimum Gasteiger partial charge on any atom is -0.397 e. The summed E-state index contributed by atoms with van der Waals surface area (Å²) in [5.74, 6) is 0. The van der Waals surface area contributed by atoms with Crippen molar-refractivity contribution in [2.75, 3.05) is 11.1 Å². The van der Waals surface area contributed by atoms with E-state index in [4.69, 9.17) is 28.9 Å². The first-order valence-electron chi connectivity index (χ1n) is 5.46. The number of anilines is 3. The first-order chi connectivity index (χ1) is 9.27. The molecule has 3 N–H and O–H groups in total. The zero-order chi connectivity index (χ0) is 14.9. The third-order valence-corrected chi connectivity index (χ3v) is 3.13. The van der Waals surface area contributed by atoms with Crippen LogP contribution >= 0.6 is 23.2 Å². The van der Waals surface area contributed by atoms with Gasteiger partial charge in [-0.05, 0) is 36.4 Å². The molecule has 0 unspecified atom stereocenters. The van der Waals surface area contributed by atoms with Crippen molar-refractivity contribution >= 4 is 40.3 Å². The van der Waals surface area contributed by atoms with Gasteiger partial charge in [0.15, 0.2) is 0 Å². The number of halogens is 5. The highest BCUT2D eigenvalue weighted by Gasteiger charge is 2.30. The molecule has 2 aromatic carbocycles. The predicted molar refractivity (Wildman–Crippen MR) is 75.6 cm³/mol. The minimum absolute atomic E-state index is 0.0471. The maximum Gasteiger partial charge on any atom is 0.416 e. The van der Waals surface area contributed by atoms with Crippen molar-refractivity contribution in [3.05, 3.63) is 52.0 Å². The lowest BCUT2D eigenvalue weighted by Gasteiger charge is -2.13. The van der Waals surface area contributed by atoms with Gasteiger partial charge in [0.25, 0.3) is 0 Å². The Labute approximate surface area is 123 Å². The van der Waals surface area contributed by atoms with Gasteiger partial charge in [-0.25, -0.2) is 0 Å². The molecule has 20 heavy (non-hydrogen) atoms. The van der Waals surface area contributed by atoms with E-state index in [1.54, 1.807) is 12.1 Å². The van der Waals surface area contributed by atoms with Crippen LogP contribution in [-0.4, -0.2) is 0 Å². The molecule has 0 fully saturated rings. The molecule has 0 aliphatic carbocycles. The second-order valence-corrected chi connectivity index (χ2v) is 4.89. The monoisotopic (exact) mass is 320 g/mol. The van der Waals surface area contributed by atoms with Crippen molar-refractivity contribution < 1.29 is 13.2 Å². The normalized spacial score (nSPS) is 11.4. The highest BCUT2D eigenvalue weighted by Crippen LogP contribution is 2.35. The Morgan fingerprint density at radius 3 is 2.15 bits per heavy atom. The number of benzene rings is 2. The molecule has 106 valence electrons. The Morgan fingerprint density at radius 2 is 1.60 bits per heavy atom. The molecular weight excluding hydrogens is 312 g/mol. The third kappa shape index (κ3) is 3.29. The van der Waals surface area contributed by atoms with Crippen LogP contribution in [-0.2, 0) is 6.18 Å². The molecule has 0 saturated carbocycles. The van der Waals surface area contributed by atoms with Gasteiger partial charge in [0.05, 0.1) is 27.6 Å². The molecular formula is C13H9Cl2F3N2. The van der Waals surface area contributed by atoms with E-state index in [1.807, 2.05) is 0 Å². The Bertz CT molecular complexity index is 642. The molecule has 0 spiro atoms. The van der Waals surface area contributed by atoms with Gasteiger partial charge in [0, 0.05) is 5.02 Å². The van der Waals surface area contributed by atoms with Gasteiger partial charge in [0.1, 0.15) is 0 Å². The van der Waals surface area contributed by atoms with Gasteiger partial charge < -0.3 is 11.1 Å². The summed E-state index contributed by atoms with van der Waals surface area (Å²) in [6, 6.07) is 7.81. The van der Waals surface area contributed by atoms with Crippen LogP contribution in [0.2, 0.25) is 10.0 Å². The van der Waals surface area contributed by atoms with Gasteiger partial charge in [-0.2, -0.15) is 13.2 Å². The van der Waals surface area contributed by atoms with Crippen LogP contribution in [0.1, 0.15) is 5.56 Å². The molecule has 0 bridgehead atoms. The SMILES string of the molecule is Nc1cc(Cl)ccc1Nc1ccc(C(F)(F)F)cc1Cl. The second kappa shape index (κ2) is 5.42. The van der Waals surface area contributed by atoms with Crippen molar-refractivity contribution in [1.29, 1.82) is 0 Å². The Kier molecular flexibility index (Phi) is 4.01. The second-order valence-electron chi connectivity index (χ2n) is 4.05. The van der Waals surface area contributed by atoms with E-state index in [-0.39, 0.29) is 5.02 Å². The lowest BCUT2D eigenvalue weighted by molar-refractivity contribution is -0.137. The highest BCUT2D eigenvalue weighted by atomic mass is 35.5. The van der Waals surface area contributed by atoms with Gasteiger partial charge in [0.2, 0.25) is 0 Å². The molecule has 0 aliphatic heterocycles. The lowest BCUT2D eigenvalue weighted by atomic mass is 10.2. The quantitative estimate of drug-likeness (QED) is 0.733. The Balaban J connectivity index is 2.30. The lowest BCUT2D eigenvalue weighted by Crippen LogP contribution is -2.05. The van der Waals surface area contributed by atoms with E-state index in [0.717, 1.165) is 12.1 Å². The molecule has 2 nitrogen and oxygen atoms in total. The molecule has 2 aromatic rings. The Hall–Kier alpha value is -1.59. The zero-order valence-corrected chi connectivity index (χ0v) is 11.4. The number of alkyl halides is 3. The molecule has 0 heterocycles. The first kappa shape index (κ1) is 14.8. The fraction of sp³-hybridized carbons (Fsp3) is 0.0769. The van der Waals surface area contributed by atoms with Crippen molar-refractivity contribution in [2.24, 2.45) is 0 Å². The van der Waals surface area contributed by atoms with Gasteiger partial charge >= 0.3 is 6.18 Å². The van der Waals surface area contributed by atoms with Crippen LogP contribution in [0.25, 0.3) is 0 Å². The highest BCUT2D eigenvalue weighted by molar-refractivity contribution is 6.33. The predicted octanol–water partition coefficient (Wildman–Crippen LogP) is 5.34. The van der Waals surface area contributed by atoms with Crippen molar-refractivity contribution in [1.82, 2.24) is 0 Å². The molecule has 0 radical (unpaired) electrons. The summed E-state index contributed by atoms with van der Waals surface area (Å²) in [5.41, 5.74) is 6.15. The van der Waals surface area contributed by atoms with Gasteiger partial charge in [-0.15, -0.1) is 0 Å². The average Bonchev–Trinajstić information content (AvgIpc) is 2.33. The molecule has 0 aromatic heterocycles. The van der Waals surface area contributed by atoms with Crippen LogP contribution in [0.4, 0.5) is 30.2 Å². The molecule has 0 atom stereocenters. The van der Waals surface area contributed by atoms with Crippen molar-refractivity contribution in [3.63, 3.8) is 0 Å². The summed E-state index contributed by atoms with van der Waals surface area (Å²) in [6.07, 6.45) is -4.43. The molecule has 0 amide bonds. The van der Waals surface area contributed by atoms with Crippen LogP contribution in [0, 0.1) is 0 Å². The largest absolute Gasteiger partial charge is 0.416 e. The van der Waals surface area contributed by atoms with E-state index < -0.39 is 11.7 Å². The van der Waals surface area contributed by atoms with Gasteiger partial charge in [-0.3, -0.25) is 0 Å². The van der Waals surface area contributed by atoms with Crippen LogP contribution in [0.3, 0.4) is 0 Å². The van der Waals surface area contributed by atoms with E-state index in [2.05, 4.69) is 5.32 Å². The number of hydrogen-bond donors (Lipinski definition) is 2. The van der Waals surface area contributed by atoms with Crippen molar-refractivity contribution in [3.8, 4) is 0 Å². The maximum atomic E-state index is 12.5. The molecule has 2 rings (SSSR count). The number of rotatable bonds is 2. The molecule has 7 heteroatoms. The van der Waals surface area contributed by atoms with E-state index in [0.29, 0.717) is 22.1 Å². The summed E-state index contributed by atoms with van der Waals surface area (Å²) < 4.78 is 37.6. The molecule has 0 aliphatic rings. The van der Waals surface area contributed by atoms with Gasteiger partial charge in [-0.1, -0.05) is 23.2 Å². The van der Waals surface area contributed by atoms with Crippen LogP contribution in [0.15, 0.2) is 36.4 Å². The zero-order valence-electron chi connectivity index (χ0n) is 9.93. The summed E-state index contributed by atoms with van der Waals surface area (Å²) in [5, 5.41) is 3.28. The number of nitrogens with one attached hydrogen (secondary N) is 1. The van der Waals surface area contributed by atoms with E-state index >= 15 is 0 Å². The molecule has 0 saturated heterocycles. The smallest absolute Gasteiger partial charge is 0.397 e. The van der Waals surface area contributed by atoms with E-state index in [9.17, 15) is 13.2 Å². The topological polar surface area (TPSA) is 38.0 Å². The fourth-order valence-corrected chi connectivity index (χ4v) is 1.99. The fourth-order valence-electron chi connectivity index (χ4n) is 1.59. The summed E-state index contributed by atoms with van der Waals surface area (Å²) in [7, 11) is 0. The minimum atomic E-state index is -4.43. The van der Waals surface area contributed by atoms with Crippen LogP contribution in [0.5, 0.6) is 0 Å². The summed E-state index contributed by atoms with van der Waals surface area (Å²) >= 11 is 11.6. The standard InChI is InChI=1S/C13H9Cl2F3N2/c14-8-2-4-12(10(19)6-8)20-11-3-1-7(5-9(11)15)13(16,17)18/h1-6,20H,19H2. The first-order valence-corrected chi connectivity index (χ1v) is 6.22. The Morgan fingerprint density at radius 1 is 0.950 bits per heavy atom. The summed E-state index contributed by atoms with van der Waals surface area (Å²) in [4.78, 5) is 0. The number of nitrogen functional groups attached to an aromatic ring is 1. The number of hydrogen-bond acceptors (Lipinski definition) is 2. The maximum absolute atomic E-state index is 12.5. The van der Waals surface area contributed by atoms with E-state index in [1.165, 1.54) is 12.1 Å². The summed E-state index contributed by atoms with van der Waals surface area (Å²) in [6.45, 7) is 0. The average molecular weight is 321 g/mol.